The van der Waals surface area contributed by atoms with Crippen molar-refractivity contribution in [2.24, 2.45) is 5.41 Å². The minimum atomic E-state index is -0.420. The molecule has 2 heterocycles. The number of halogens is 1. The van der Waals surface area contributed by atoms with E-state index in [9.17, 15) is 9.90 Å². The fraction of sp³-hybridized carbons (Fsp3) is 0.562. The lowest BCUT2D eigenvalue weighted by Crippen LogP contribution is -2.46. The minimum absolute atomic E-state index is 0.180. The number of hydrogen-bond donors (Lipinski definition) is 1. The first kappa shape index (κ1) is 15.2. The Balaban J connectivity index is 1.88. The number of aliphatic hydroxyl groups is 1. The maximum atomic E-state index is 11.8. The molecule has 1 saturated carbocycles. The normalized spacial score (nSPS) is 42.9. The first-order valence-corrected chi connectivity index (χ1v) is 8.29. The summed E-state index contributed by atoms with van der Waals surface area (Å²) < 4.78 is 12.9. The van der Waals surface area contributed by atoms with Gasteiger partial charge in [0.05, 0.1) is 11.7 Å². The molecule has 1 aliphatic carbocycles. The van der Waals surface area contributed by atoms with Gasteiger partial charge in [-0.2, -0.15) is 0 Å². The smallest absolute Gasteiger partial charge is 0.343 e. The fourth-order valence-electron chi connectivity index (χ4n) is 3.86. The van der Waals surface area contributed by atoms with E-state index in [1.165, 1.54) is 0 Å². The third kappa shape index (κ3) is 2.21. The highest BCUT2D eigenvalue weighted by Crippen LogP contribution is 2.66. The molecule has 0 aromatic heterocycles. The van der Waals surface area contributed by atoms with Crippen LogP contribution in [0.25, 0.3) is 0 Å². The molecule has 21 heavy (non-hydrogen) atoms. The third-order valence-electron chi connectivity index (χ3n) is 4.86. The van der Waals surface area contributed by atoms with Crippen LogP contribution in [0.4, 0.5) is 0 Å². The Labute approximate surface area is 138 Å². The lowest BCUT2D eigenvalue weighted by molar-refractivity contribution is -0.132. The van der Waals surface area contributed by atoms with Crippen LogP contribution in [0.2, 0.25) is 0 Å². The van der Waals surface area contributed by atoms with E-state index < -0.39 is 5.60 Å². The van der Waals surface area contributed by atoms with Gasteiger partial charge in [-0.3, -0.25) is 0 Å². The van der Waals surface area contributed by atoms with Crippen molar-refractivity contribution in [3.05, 3.63) is 33.6 Å². The zero-order valence-electron chi connectivity index (χ0n) is 12.4. The molecule has 0 spiro atoms. The lowest BCUT2D eigenvalue weighted by atomic mass is 9.63. The van der Waals surface area contributed by atoms with Crippen molar-refractivity contribution in [1.29, 1.82) is 0 Å². The van der Waals surface area contributed by atoms with E-state index in [2.05, 4.69) is 13.8 Å². The van der Waals surface area contributed by atoms with Gasteiger partial charge in [0.1, 0.15) is 17.0 Å². The summed E-state index contributed by atoms with van der Waals surface area (Å²) in [5.74, 6) is 0.233. The number of epoxide rings is 1. The van der Waals surface area contributed by atoms with Crippen molar-refractivity contribution in [1.82, 2.24) is 0 Å². The molecule has 2 aliphatic heterocycles. The van der Waals surface area contributed by atoms with E-state index >= 15 is 0 Å². The van der Waals surface area contributed by atoms with E-state index in [0.29, 0.717) is 24.2 Å². The number of carbonyl (C=O) groups is 1. The Morgan fingerprint density at radius 1 is 1.38 bits per heavy atom. The van der Waals surface area contributed by atoms with Gasteiger partial charge in [0.2, 0.25) is 0 Å². The summed E-state index contributed by atoms with van der Waals surface area (Å²) in [5.41, 5.74) is -0.416. The standard InChI is InChI=1S/C16H19IO4/c1-14(2)7-11(18)8-15(3)16(14,21-15)5-4-10-6-12(9-17)20-13(10)19/h4-6,9,11,18H,7-8H2,1-3H3/b5-4+,12-9+/t11-,15+,16-/m0/s1. The third-order valence-corrected chi connectivity index (χ3v) is 5.47. The monoisotopic (exact) mass is 402 g/mol. The molecular formula is C16H19IO4. The lowest BCUT2D eigenvalue weighted by Gasteiger charge is -2.39. The molecule has 3 rings (SSSR count). The van der Waals surface area contributed by atoms with Gasteiger partial charge in [0, 0.05) is 15.9 Å². The quantitative estimate of drug-likeness (QED) is 0.438. The number of cyclic esters (lactones) is 1. The van der Waals surface area contributed by atoms with Crippen LogP contribution in [-0.4, -0.2) is 28.4 Å². The van der Waals surface area contributed by atoms with Crippen LogP contribution in [-0.2, 0) is 14.3 Å². The summed E-state index contributed by atoms with van der Waals surface area (Å²) in [7, 11) is 0. The van der Waals surface area contributed by atoms with Crippen molar-refractivity contribution >= 4 is 28.6 Å². The van der Waals surface area contributed by atoms with Crippen molar-refractivity contribution < 1.29 is 19.4 Å². The molecule has 0 aromatic carbocycles. The molecule has 0 amide bonds. The van der Waals surface area contributed by atoms with Crippen LogP contribution in [0.1, 0.15) is 33.6 Å². The summed E-state index contributed by atoms with van der Waals surface area (Å²) in [6, 6.07) is 0. The van der Waals surface area contributed by atoms with E-state index in [1.807, 2.05) is 35.6 Å². The number of ether oxygens (including phenoxy) is 2. The molecule has 0 unspecified atom stereocenters. The number of esters is 1. The summed E-state index contributed by atoms with van der Waals surface area (Å²) in [6.45, 7) is 6.23. The second-order valence-corrected chi connectivity index (χ2v) is 7.47. The summed E-state index contributed by atoms with van der Waals surface area (Å²) in [6.07, 6.45) is 6.48. The second-order valence-electron chi connectivity index (χ2n) is 6.85. The second kappa shape index (κ2) is 4.67. The summed E-state index contributed by atoms with van der Waals surface area (Å²) in [4.78, 5) is 11.8. The number of fused-ring (bicyclic) bond motifs is 1. The SMILES string of the molecule is CC1(C)C[C@H](O)C[C@@]2(C)O[C@@]12/C=C/C1=CC(=C\I)/OC1=O. The van der Waals surface area contributed by atoms with Gasteiger partial charge in [0.15, 0.2) is 0 Å². The molecule has 1 N–H and O–H groups in total. The number of carbonyl (C=O) groups excluding carboxylic acids is 1. The maximum absolute atomic E-state index is 11.8. The Kier molecular flexibility index (Phi) is 3.39. The number of allylic oxidation sites excluding steroid dienone is 1. The average molecular weight is 402 g/mol. The molecule has 0 radical (unpaired) electrons. The van der Waals surface area contributed by atoms with Crippen LogP contribution in [0, 0.1) is 5.41 Å². The van der Waals surface area contributed by atoms with Gasteiger partial charge in [0.25, 0.3) is 0 Å². The molecule has 114 valence electrons. The predicted octanol–water partition coefficient (Wildman–Crippen LogP) is 3.01. The van der Waals surface area contributed by atoms with E-state index in [0.717, 1.165) is 0 Å². The molecule has 0 bridgehead atoms. The van der Waals surface area contributed by atoms with Gasteiger partial charge in [-0.05, 0) is 54.2 Å². The van der Waals surface area contributed by atoms with Crippen LogP contribution in [0.15, 0.2) is 33.6 Å². The highest BCUT2D eigenvalue weighted by Gasteiger charge is 2.74. The molecule has 3 atom stereocenters. The zero-order chi connectivity index (χ0) is 15.5. The van der Waals surface area contributed by atoms with Crippen molar-refractivity contribution in [2.45, 2.75) is 50.9 Å². The summed E-state index contributed by atoms with van der Waals surface area (Å²) in [5, 5.41) is 10.0. The van der Waals surface area contributed by atoms with Gasteiger partial charge < -0.3 is 14.6 Å². The van der Waals surface area contributed by atoms with Crippen LogP contribution in [0.5, 0.6) is 0 Å². The fourth-order valence-corrected chi connectivity index (χ4v) is 4.17. The predicted molar refractivity (Wildman–Crippen MR) is 86.7 cm³/mol. The molecule has 1 saturated heterocycles. The topological polar surface area (TPSA) is 59.1 Å². The highest BCUT2D eigenvalue weighted by molar-refractivity contribution is 14.1. The van der Waals surface area contributed by atoms with Gasteiger partial charge >= 0.3 is 5.97 Å². The first-order valence-electron chi connectivity index (χ1n) is 7.05. The summed E-state index contributed by atoms with van der Waals surface area (Å²) >= 11 is 2.04. The van der Waals surface area contributed by atoms with E-state index in [4.69, 9.17) is 9.47 Å². The molecule has 4 nitrogen and oxygen atoms in total. The Bertz CT molecular complexity index is 589. The van der Waals surface area contributed by atoms with E-state index in [1.54, 1.807) is 16.2 Å². The van der Waals surface area contributed by atoms with Gasteiger partial charge in [-0.15, -0.1) is 0 Å². The van der Waals surface area contributed by atoms with E-state index in [-0.39, 0.29) is 23.1 Å². The zero-order valence-corrected chi connectivity index (χ0v) is 14.5. The largest absolute Gasteiger partial charge is 0.422 e. The molecule has 3 aliphatic rings. The number of rotatable bonds is 2. The molecule has 2 fully saturated rings. The first-order chi connectivity index (χ1) is 9.73. The molecule has 0 aromatic rings. The van der Waals surface area contributed by atoms with Crippen molar-refractivity contribution in [3.8, 4) is 0 Å². The maximum Gasteiger partial charge on any atom is 0.343 e. The van der Waals surface area contributed by atoms with Crippen LogP contribution in [0.3, 0.4) is 0 Å². The number of aliphatic hydroxyl groups excluding tert-OH is 1. The van der Waals surface area contributed by atoms with Crippen LogP contribution < -0.4 is 0 Å². The van der Waals surface area contributed by atoms with Crippen molar-refractivity contribution in [3.63, 3.8) is 0 Å². The molecular weight excluding hydrogens is 383 g/mol. The minimum Gasteiger partial charge on any atom is -0.422 e. The molecule has 5 heteroatoms. The van der Waals surface area contributed by atoms with Gasteiger partial charge in [-0.1, -0.05) is 13.8 Å². The average Bonchev–Trinajstić information content (AvgIpc) is 2.82. The Morgan fingerprint density at radius 3 is 2.67 bits per heavy atom. The van der Waals surface area contributed by atoms with Crippen LogP contribution >= 0.6 is 22.6 Å². The number of hydrogen-bond acceptors (Lipinski definition) is 4. The Morgan fingerprint density at radius 2 is 2.10 bits per heavy atom. The van der Waals surface area contributed by atoms with Gasteiger partial charge in [-0.25, -0.2) is 4.79 Å². The van der Waals surface area contributed by atoms with Crippen molar-refractivity contribution in [2.75, 3.05) is 0 Å². The Hall–Kier alpha value is -0.660. The highest BCUT2D eigenvalue weighted by atomic mass is 127.